The lowest BCUT2D eigenvalue weighted by atomic mass is 10.0. The van der Waals surface area contributed by atoms with Crippen LogP contribution in [-0.2, 0) is 11.3 Å². The summed E-state index contributed by atoms with van der Waals surface area (Å²) in [4.78, 5) is 28.7. The van der Waals surface area contributed by atoms with Crippen LogP contribution in [-0.4, -0.2) is 55.2 Å². The molecule has 2 aromatic carbocycles. The number of nitrogens with one attached hydrogen (secondary N) is 1. The third-order valence-electron chi connectivity index (χ3n) is 7.61. The van der Waals surface area contributed by atoms with Gasteiger partial charge in [0.05, 0.1) is 11.3 Å². The third-order valence-corrected chi connectivity index (χ3v) is 7.61. The molecule has 0 radical (unpaired) electrons. The number of halogens is 1. The number of alkyl carbamates (subject to hydrolysis) is 1. The number of hydrogen-bond donors (Lipinski definition) is 2. The quantitative estimate of drug-likeness (QED) is 0.236. The van der Waals surface area contributed by atoms with Crippen LogP contribution in [0.4, 0.5) is 15.0 Å². The third kappa shape index (κ3) is 6.55. The first-order valence-electron chi connectivity index (χ1n) is 14.8. The molecule has 3 N–H and O–H groups in total. The van der Waals surface area contributed by atoms with Crippen LogP contribution in [0.1, 0.15) is 39.2 Å². The molecule has 226 valence electrons. The zero-order valence-electron chi connectivity index (χ0n) is 25.1. The molecular weight excluding hydrogens is 557 g/mol. The van der Waals surface area contributed by atoms with Crippen LogP contribution in [0.25, 0.3) is 39.5 Å². The number of anilines is 1. The average Bonchev–Trinajstić information content (AvgIpc) is 3.36. The Morgan fingerprint density at radius 3 is 2.50 bits per heavy atom. The van der Waals surface area contributed by atoms with Crippen molar-refractivity contribution in [2.45, 2.75) is 51.8 Å². The van der Waals surface area contributed by atoms with Gasteiger partial charge in [0.25, 0.3) is 0 Å². The Morgan fingerprint density at radius 1 is 1.02 bits per heavy atom. The summed E-state index contributed by atoms with van der Waals surface area (Å²) in [5.41, 5.74) is 11.2. The molecule has 0 aliphatic carbocycles. The maximum Gasteiger partial charge on any atom is 0.407 e. The highest BCUT2D eigenvalue weighted by molar-refractivity contribution is 5.84. The molecule has 0 unspecified atom stereocenters. The Kier molecular flexibility index (Phi) is 8.01. The van der Waals surface area contributed by atoms with E-state index in [1.165, 1.54) is 17.7 Å². The number of piperidine rings is 1. The molecule has 5 aromatic rings. The SMILES string of the molecule is CC(C)(C)OC(=O)NC1CCN(Cc2ccc(-n3c(-c4cccnc4N)nc4ccc(-c5cccc(F)c5)nc43)cc2)CC1. The van der Waals surface area contributed by atoms with Gasteiger partial charge in [-0.15, -0.1) is 0 Å². The summed E-state index contributed by atoms with van der Waals surface area (Å²) in [6.45, 7) is 8.16. The average molecular weight is 594 g/mol. The number of benzene rings is 2. The van der Waals surface area contributed by atoms with Gasteiger partial charge in [-0.1, -0.05) is 24.3 Å². The highest BCUT2D eigenvalue weighted by atomic mass is 19.1. The van der Waals surface area contributed by atoms with Crippen LogP contribution in [0.5, 0.6) is 0 Å². The minimum absolute atomic E-state index is 0.112. The Hall–Kier alpha value is -4.83. The van der Waals surface area contributed by atoms with E-state index in [4.69, 9.17) is 20.4 Å². The molecule has 10 heteroatoms. The molecule has 0 bridgehead atoms. The minimum Gasteiger partial charge on any atom is -0.444 e. The molecule has 9 nitrogen and oxygen atoms in total. The maximum absolute atomic E-state index is 14.0. The van der Waals surface area contributed by atoms with Gasteiger partial charge in [-0.25, -0.2) is 24.1 Å². The number of likely N-dealkylation sites (tertiary alicyclic amines) is 1. The van der Waals surface area contributed by atoms with Crippen LogP contribution in [0.15, 0.2) is 79.0 Å². The Balaban J connectivity index is 1.25. The Labute approximate surface area is 255 Å². The van der Waals surface area contributed by atoms with E-state index in [0.717, 1.165) is 38.2 Å². The molecule has 1 aliphatic heterocycles. The van der Waals surface area contributed by atoms with Gasteiger partial charge >= 0.3 is 6.09 Å². The Bertz CT molecular complexity index is 1790. The predicted molar refractivity (Wildman–Crippen MR) is 170 cm³/mol. The molecule has 44 heavy (non-hydrogen) atoms. The van der Waals surface area contributed by atoms with Gasteiger partial charge in [-0.05, 0) is 87.7 Å². The summed E-state index contributed by atoms with van der Waals surface area (Å²) in [5.74, 6) is 0.679. The first kappa shape index (κ1) is 29.3. The van der Waals surface area contributed by atoms with Gasteiger partial charge in [-0.2, -0.15) is 0 Å². The number of rotatable bonds is 6. The van der Waals surface area contributed by atoms with Crippen LogP contribution in [0, 0.1) is 5.82 Å². The van der Waals surface area contributed by atoms with Crippen molar-refractivity contribution in [3.8, 4) is 28.3 Å². The normalized spacial score (nSPS) is 14.5. The number of pyridine rings is 2. The zero-order valence-corrected chi connectivity index (χ0v) is 25.1. The summed E-state index contributed by atoms with van der Waals surface area (Å²) in [6, 6.07) is 22.3. The summed E-state index contributed by atoms with van der Waals surface area (Å²) < 4.78 is 21.4. The van der Waals surface area contributed by atoms with E-state index in [9.17, 15) is 9.18 Å². The fourth-order valence-electron chi connectivity index (χ4n) is 5.52. The van der Waals surface area contributed by atoms with E-state index < -0.39 is 5.60 Å². The van der Waals surface area contributed by atoms with Gasteiger partial charge in [0.1, 0.15) is 22.8 Å². The van der Waals surface area contributed by atoms with Crippen molar-refractivity contribution in [2.75, 3.05) is 18.8 Å². The van der Waals surface area contributed by atoms with E-state index in [2.05, 4.69) is 39.5 Å². The van der Waals surface area contributed by atoms with E-state index in [-0.39, 0.29) is 18.0 Å². The maximum atomic E-state index is 14.0. The Morgan fingerprint density at radius 2 is 1.80 bits per heavy atom. The molecule has 6 rings (SSSR count). The zero-order chi connectivity index (χ0) is 30.8. The van der Waals surface area contributed by atoms with Crippen LogP contribution in [0.2, 0.25) is 0 Å². The number of amides is 1. The topological polar surface area (TPSA) is 111 Å². The molecular formula is C34H36FN7O2. The highest BCUT2D eigenvalue weighted by Gasteiger charge is 2.24. The summed E-state index contributed by atoms with van der Waals surface area (Å²) in [7, 11) is 0. The number of carbonyl (C=O) groups excluding carboxylic acids is 1. The standard InChI is InChI=1S/C34H36FN7O2/c1-34(2,3)44-33(43)38-25-15-18-41(19-16-25)21-22-9-11-26(12-10-22)42-31(27-8-5-17-37-30(27)36)40-29-14-13-28(39-32(29)42)23-6-4-7-24(35)20-23/h4-14,17,20,25H,15-16,18-19,21H2,1-3H3,(H2,36,37)(H,38,43). The van der Waals surface area contributed by atoms with E-state index in [0.29, 0.717) is 39.6 Å². The molecule has 0 atom stereocenters. The number of ether oxygens (including phenoxy) is 1. The van der Waals surface area contributed by atoms with Crippen LogP contribution >= 0.6 is 0 Å². The first-order chi connectivity index (χ1) is 21.1. The van der Waals surface area contributed by atoms with Gasteiger partial charge < -0.3 is 15.8 Å². The molecule has 0 spiro atoms. The van der Waals surface area contributed by atoms with Gasteiger partial charge in [-0.3, -0.25) is 9.47 Å². The van der Waals surface area contributed by atoms with E-state index >= 15 is 0 Å². The smallest absolute Gasteiger partial charge is 0.407 e. The van der Waals surface area contributed by atoms with E-state index in [1.807, 2.05) is 55.7 Å². The van der Waals surface area contributed by atoms with Crippen molar-refractivity contribution in [3.05, 3.63) is 90.4 Å². The number of fused-ring (bicyclic) bond motifs is 1. The summed E-state index contributed by atoms with van der Waals surface area (Å²) in [6.07, 6.45) is 3.03. The molecule has 1 aliphatic rings. The number of nitrogens with two attached hydrogens (primary N) is 1. The number of hydrogen-bond acceptors (Lipinski definition) is 7. The minimum atomic E-state index is -0.509. The molecule has 3 aromatic heterocycles. The highest BCUT2D eigenvalue weighted by Crippen LogP contribution is 2.32. The number of nitrogens with zero attached hydrogens (tertiary/aromatic N) is 5. The number of carbonyl (C=O) groups is 1. The fraction of sp³-hybridized carbons (Fsp3) is 0.294. The van der Waals surface area contributed by atoms with Gasteiger partial charge in [0.15, 0.2) is 11.5 Å². The number of aromatic nitrogens is 4. The first-order valence-corrected chi connectivity index (χ1v) is 14.8. The predicted octanol–water partition coefficient (Wildman–Crippen LogP) is 6.36. The van der Waals surface area contributed by atoms with E-state index in [1.54, 1.807) is 12.3 Å². The fourth-order valence-corrected chi connectivity index (χ4v) is 5.52. The number of nitrogen functional groups attached to an aromatic ring is 1. The summed E-state index contributed by atoms with van der Waals surface area (Å²) in [5, 5.41) is 3.00. The lowest BCUT2D eigenvalue weighted by molar-refractivity contribution is 0.0477. The molecule has 1 fully saturated rings. The summed E-state index contributed by atoms with van der Waals surface area (Å²) >= 11 is 0. The molecule has 0 saturated carbocycles. The monoisotopic (exact) mass is 593 g/mol. The van der Waals surface area contributed by atoms with Crippen molar-refractivity contribution in [2.24, 2.45) is 0 Å². The number of imidazole rings is 1. The lowest BCUT2D eigenvalue weighted by Gasteiger charge is -2.32. The van der Waals surface area contributed by atoms with Crippen molar-refractivity contribution >= 4 is 23.1 Å². The largest absolute Gasteiger partial charge is 0.444 e. The van der Waals surface area contributed by atoms with Crippen LogP contribution in [0.3, 0.4) is 0 Å². The van der Waals surface area contributed by atoms with Gasteiger partial charge in [0, 0.05) is 43.1 Å². The molecule has 4 heterocycles. The van der Waals surface area contributed by atoms with Gasteiger partial charge in [0.2, 0.25) is 0 Å². The lowest BCUT2D eigenvalue weighted by Crippen LogP contribution is -2.45. The second-order valence-corrected chi connectivity index (χ2v) is 12.1. The second-order valence-electron chi connectivity index (χ2n) is 12.1. The second kappa shape index (κ2) is 12.0. The molecule has 1 saturated heterocycles. The van der Waals surface area contributed by atoms with Crippen molar-refractivity contribution in [1.29, 1.82) is 0 Å². The van der Waals surface area contributed by atoms with Crippen molar-refractivity contribution in [3.63, 3.8) is 0 Å². The van der Waals surface area contributed by atoms with Crippen molar-refractivity contribution in [1.82, 2.24) is 29.7 Å². The van der Waals surface area contributed by atoms with Crippen molar-refractivity contribution < 1.29 is 13.9 Å². The van der Waals surface area contributed by atoms with Crippen LogP contribution < -0.4 is 11.1 Å². The molecule has 1 amide bonds.